The van der Waals surface area contributed by atoms with Gasteiger partial charge in [0.15, 0.2) is 0 Å². The Morgan fingerprint density at radius 2 is 1.90 bits per heavy atom. The molecule has 14 nitrogen and oxygen atoms in total. The summed E-state index contributed by atoms with van der Waals surface area (Å²) in [6.07, 6.45) is 14.2. The minimum absolute atomic E-state index is 0.0976. The molecule has 7 rings (SSSR count). The van der Waals surface area contributed by atoms with Gasteiger partial charge in [0.05, 0.1) is 30.3 Å². The number of unbranched alkanes of at least 4 members (excludes halogenated alkanes) is 3. The number of aryl methyl sites for hydroxylation is 1. The minimum Gasteiger partial charge on any atom is -0.496 e. The van der Waals surface area contributed by atoms with Gasteiger partial charge in [-0.25, -0.2) is 18.4 Å². The number of benzene rings is 1. The van der Waals surface area contributed by atoms with E-state index in [0.717, 1.165) is 52.4 Å². The number of H-pyrrole nitrogens is 1. The third-order valence-electron chi connectivity index (χ3n) is 10.5. The number of likely N-dealkylation sites (tertiary alicyclic amines) is 1. The number of sulfonamides is 1. The van der Waals surface area contributed by atoms with Crippen molar-refractivity contribution in [2.45, 2.75) is 103 Å². The maximum atomic E-state index is 12.3. The van der Waals surface area contributed by atoms with Gasteiger partial charge in [0.25, 0.3) is 5.56 Å². The van der Waals surface area contributed by atoms with Crippen LogP contribution in [-0.4, -0.2) is 77.5 Å². The predicted molar refractivity (Wildman–Crippen MR) is 233 cm³/mol. The Labute approximate surface area is 350 Å². The smallest absolute Gasteiger partial charge is 0.256 e. The Balaban J connectivity index is 0.000000169. The number of anilines is 1. The number of aromatic amines is 1. The zero-order valence-corrected chi connectivity index (χ0v) is 36.2. The number of amides is 3. The fourth-order valence-electron chi connectivity index (χ4n) is 6.76. The largest absolute Gasteiger partial charge is 0.496 e. The topological polar surface area (TPSA) is 207 Å². The third kappa shape index (κ3) is 12.5. The van der Waals surface area contributed by atoms with Crippen LogP contribution in [0.2, 0.25) is 0 Å². The summed E-state index contributed by atoms with van der Waals surface area (Å²) in [5.41, 5.74) is 7.94. The van der Waals surface area contributed by atoms with E-state index in [0.29, 0.717) is 42.9 Å². The van der Waals surface area contributed by atoms with Crippen molar-refractivity contribution in [2.24, 2.45) is 17.6 Å². The van der Waals surface area contributed by atoms with Gasteiger partial charge < -0.3 is 25.7 Å². The van der Waals surface area contributed by atoms with Gasteiger partial charge in [-0.05, 0) is 105 Å². The number of thiazole rings is 1. The molecule has 0 radical (unpaired) electrons. The number of rotatable bonds is 15. The molecule has 1 aliphatic heterocycles. The minimum atomic E-state index is -3.37. The number of pyridine rings is 2. The van der Waals surface area contributed by atoms with E-state index in [1.807, 2.05) is 30.5 Å². The number of nitrogens with two attached hydrogens (primary N) is 1. The number of hydrogen-bond acceptors (Lipinski definition) is 11. The average molecular weight is 848 g/mol. The van der Waals surface area contributed by atoms with Crippen molar-refractivity contribution in [2.75, 3.05) is 25.5 Å². The Morgan fingerprint density at radius 3 is 2.54 bits per heavy atom. The highest BCUT2D eigenvalue weighted by atomic mass is 32.2. The van der Waals surface area contributed by atoms with Crippen LogP contribution in [0.4, 0.5) is 5.82 Å². The van der Waals surface area contributed by atoms with E-state index in [-0.39, 0.29) is 41.0 Å². The first kappa shape index (κ1) is 45.0. The molecular formula is C43H57N7O7S2. The number of hydrogen-bond donors (Lipinski definition) is 4. The maximum Gasteiger partial charge on any atom is 0.256 e. The number of methoxy groups -OCH3 is 1. The summed E-state index contributed by atoms with van der Waals surface area (Å²) < 4.78 is 30.8. The van der Waals surface area contributed by atoms with Gasteiger partial charge >= 0.3 is 0 Å². The van der Waals surface area contributed by atoms with Gasteiger partial charge in [-0.2, -0.15) is 0 Å². The van der Waals surface area contributed by atoms with E-state index in [1.165, 1.54) is 24.2 Å². The van der Waals surface area contributed by atoms with Crippen molar-refractivity contribution >= 4 is 55.7 Å². The molecule has 1 aromatic carbocycles. The molecule has 2 aliphatic carbocycles. The Bertz CT molecular complexity index is 2270. The van der Waals surface area contributed by atoms with Crippen LogP contribution in [0.25, 0.3) is 21.5 Å². The molecule has 0 spiro atoms. The molecule has 1 unspecified atom stereocenters. The monoisotopic (exact) mass is 847 g/mol. The van der Waals surface area contributed by atoms with Crippen LogP contribution in [0.5, 0.6) is 5.75 Å². The van der Waals surface area contributed by atoms with Crippen molar-refractivity contribution < 1.29 is 27.5 Å². The zero-order chi connectivity index (χ0) is 42.7. The summed E-state index contributed by atoms with van der Waals surface area (Å²) in [5, 5.41) is 7.06. The number of nitrogens with zero attached hydrogens (tertiary/aromatic N) is 3. The average Bonchev–Trinajstić information content (AvgIpc) is 4.11. The molecule has 59 heavy (non-hydrogen) atoms. The van der Waals surface area contributed by atoms with Gasteiger partial charge in [0, 0.05) is 29.4 Å². The lowest BCUT2D eigenvalue weighted by molar-refractivity contribution is -0.135. The van der Waals surface area contributed by atoms with Crippen LogP contribution in [0.15, 0.2) is 64.9 Å². The Hall–Kier alpha value is -5.09. The third-order valence-corrected chi connectivity index (χ3v) is 13.3. The van der Waals surface area contributed by atoms with Crippen molar-refractivity contribution in [1.82, 2.24) is 24.6 Å². The fraction of sp³-hybridized carbons (Fsp3) is 0.488. The molecule has 3 amide bonds. The van der Waals surface area contributed by atoms with Crippen LogP contribution in [0.3, 0.4) is 0 Å². The lowest BCUT2D eigenvalue weighted by Crippen LogP contribution is -2.45. The molecular weight excluding hydrogens is 791 g/mol. The summed E-state index contributed by atoms with van der Waals surface area (Å²) in [7, 11) is -1.73. The molecule has 3 aromatic heterocycles. The number of allylic oxidation sites excluding steroid dienone is 2. The van der Waals surface area contributed by atoms with Crippen LogP contribution < -0.4 is 26.1 Å². The predicted octanol–water partition coefficient (Wildman–Crippen LogP) is 6.43. The van der Waals surface area contributed by atoms with Crippen molar-refractivity contribution in [3.63, 3.8) is 0 Å². The lowest BCUT2D eigenvalue weighted by Gasteiger charge is -2.22. The Morgan fingerprint density at radius 1 is 1.12 bits per heavy atom. The number of carbonyl (C=O) groups is 3. The first-order valence-corrected chi connectivity index (χ1v) is 22.8. The summed E-state index contributed by atoms with van der Waals surface area (Å²) in [6, 6.07) is 10.6. The Kier molecular flexibility index (Phi) is 15.8. The molecule has 3 aliphatic rings. The normalized spacial score (nSPS) is 18.5. The molecule has 16 heteroatoms. The van der Waals surface area contributed by atoms with E-state index in [9.17, 15) is 27.6 Å². The van der Waals surface area contributed by atoms with Crippen LogP contribution in [0.1, 0.15) is 95.7 Å². The molecule has 3 fully saturated rings. The van der Waals surface area contributed by atoms with Gasteiger partial charge in [-0.15, -0.1) is 11.3 Å². The molecule has 4 aromatic rings. The van der Waals surface area contributed by atoms with Gasteiger partial charge in [-0.3, -0.25) is 23.9 Å². The van der Waals surface area contributed by atoms with Crippen LogP contribution in [0, 0.1) is 18.8 Å². The van der Waals surface area contributed by atoms with Gasteiger partial charge in [0.2, 0.25) is 27.7 Å². The first-order chi connectivity index (χ1) is 28.2. The highest BCUT2D eigenvalue weighted by Gasteiger charge is 2.45. The standard InChI is InChI=1S/C17H18N2O2S.C14H23NO3S.C12H16N4O2/c1-9(2)14-8-22-17(19-14)13-7-12-10(3)15(21-4)6-5-11(12)16(20)18-13;1-2-3-4-5-6-7-11-10-13(11)14(16)15-19(17,18)12-8-9-12;13-12(18)9-4-3-7-16(9)11(17)8-15-10-5-1-2-6-14-10/h5-9H,1-4H3,(H,18,20);6-7,11-13H,2-5,8-10H2,1H3,(H,15,16);1-2,5-6,9H,3-4,7-8H2,(H2,13,18)(H,14,15)/b;7-6-;/t;11?,13-;9-/m.00/s1. The quantitative estimate of drug-likeness (QED) is 0.0762. The van der Waals surface area contributed by atoms with Crippen molar-refractivity contribution in [3.8, 4) is 16.5 Å². The van der Waals surface area contributed by atoms with Crippen molar-refractivity contribution in [1.29, 1.82) is 0 Å². The molecule has 3 atom stereocenters. The zero-order valence-electron chi connectivity index (χ0n) is 34.5. The highest BCUT2D eigenvalue weighted by molar-refractivity contribution is 7.90. The van der Waals surface area contributed by atoms with Crippen LogP contribution in [-0.2, 0) is 24.4 Å². The molecule has 0 bridgehead atoms. The molecule has 318 valence electrons. The number of fused-ring (bicyclic) bond motifs is 1. The maximum absolute atomic E-state index is 12.3. The second-order valence-electron chi connectivity index (χ2n) is 15.5. The molecule has 2 saturated carbocycles. The number of primary amides is 1. The van der Waals surface area contributed by atoms with E-state index < -0.39 is 22.0 Å². The summed E-state index contributed by atoms with van der Waals surface area (Å²) in [4.78, 5) is 60.4. The molecule has 4 heterocycles. The SMILES string of the molecule is CCCCC/C=C\C1C[C@@H]1C(=O)NS(=O)(=O)C1CC1.COc1ccc2c(=O)[nH]c(-c3nc(C(C)C)cs3)cc2c1C.NC(=O)[C@@H]1CCCN1C(=O)CNc1ccccn1. The second-order valence-corrected chi connectivity index (χ2v) is 18.3. The molecule has 5 N–H and O–H groups in total. The first-order valence-electron chi connectivity index (χ1n) is 20.4. The number of aromatic nitrogens is 3. The number of nitrogens with one attached hydrogen (secondary N) is 3. The van der Waals surface area contributed by atoms with Crippen LogP contribution >= 0.6 is 11.3 Å². The second kappa shape index (κ2) is 20.7. The van der Waals surface area contributed by atoms with E-state index in [2.05, 4.69) is 57.9 Å². The van der Waals surface area contributed by atoms with Crippen molar-refractivity contribution in [3.05, 3.63) is 81.7 Å². The lowest BCUT2D eigenvalue weighted by atomic mass is 10.1. The molecule has 1 saturated heterocycles. The van der Waals surface area contributed by atoms with Gasteiger partial charge in [0.1, 0.15) is 22.6 Å². The summed E-state index contributed by atoms with van der Waals surface area (Å²) >= 11 is 1.55. The van der Waals surface area contributed by atoms with E-state index in [1.54, 1.807) is 42.8 Å². The number of ether oxygens (including phenoxy) is 1. The summed E-state index contributed by atoms with van der Waals surface area (Å²) in [5.74, 6) is 1.05. The van der Waals surface area contributed by atoms with E-state index >= 15 is 0 Å². The van der Waals surface area contributed by atoms with Gasteiger partial charge in [-0.1, -0.05) is 51.8 Å². The number of carbonyl (C=O) groups excluding carboxylic acids is 3. The summed E-state index contributed by atoms with van der Waals surface area (Å²) in [6.45, 7) is 9.07. The highest BCUT2D eigenvalue weighted by Crippen LogP contribution is 2.40. The van der Waals surface area contributed by atoms with E-state index in [4.69, 9.17) is 10.5 Å². The fourth-order valence-corrected chi connectivity index (χ4v) is 9.07.